The highest BCUT2D eigenvalue weighted by Crippen LogP contribution is 2.58. The predicted octanol–water partition coefficient (Wildman–Crippen LogP) is 5.69. The lowest BCUT2D eigenvalue weighted by Crippen LogP contribution is -2.37. The van der Waals surface area contributed by atoms with Crippen molar-refractivity contribution < 1.29 is 9.59 Å². The van der Waals surface area contributed by atoms with Gasteiger partial charge in [0.25, 0.3) is 0 Å². The molecule has 0 N–H and O–H groups in total. The van der Waals surface area contributed by atoms with Gasteiger partial charge in [0.1, 0.15) is 0 Å². The summed E-state index contributed by atoms with van der Waals surface area (Å²) >= 11 is 0. The van der Waals surface area contributed by atoms with Gasteiger partial charge in [-0.05, 0) is 64.8 Å². The highest BCUT2D eigenvalue weighted by atomic mass is 16.1. The highest BCUT2D eigenvalue weighted by Gasteiger charge is 2.49. The SMILES string of the molecule is O=C(c1cccnc1)[C@H]1c2ccccc2[C@@H]2C[C@H]1c1ccccc1[C@@H]2C(=O)c1cccnc1. The zero-order valence-corrected chi connectivity index (χ0v) is 18.0. The number of benzene rings is 2. The van der Waals surface area contributed by atoms with Gasteiger partial charge in [-0.1, -0.05) is 48.5 Å². The summed E-state index contributed by atoms with van der Waals surface area (Å²) in [5.41, 5.74) is 5.53. The third-order valence-corrected chi connectivity index (χ3v) is 7.23. The number of ketones is 2. The van der Waals surface area contributed by atoms with Crippen molar-refractivity contribution in [3.8, 4) is 0 Å². The summed E-state index contributed by atoms with van der Waals surface area (Å²) in [6.45, 7) is 0. The molecule has 0 fully saturated rings. The van der Waals surface area contributed by atoms with E-state index >= 15 is 0 Å². The van der Waals surface area contributed by atoms with Crippen molar-refractivity contribution in [1.29, 1.82) is 0 Å². The van der Waals surface area contributed by atoms with Crippen LogP contribution in [-0.4, -0.2) is 21.5 Å². The molecule has 2 bridgehead atoms. The molecule has 33 heavy (non-hydrogen) atoms. The van der Waals surface area contributed by atoms with Crippen molar-refractivity contribution >= 4 is 11.6 Å². The van der Waals surface area contributed by atoms with E-state index in [1.165, 1.54) is 0 Å². The molecule has 0 aliphatic heterocycles. The smallest absolute Gasteiger partial charge is 0.172 e. The summed E-state index contributed by atoms with van der Waals surface area (Å²) in [5, 5.41) is 0. The normalized spacial score (nSPS) is 22.7. The molecule has 0 amide bonds. The molecule has 0 radical (unpaired) electrons. The molecular formula is C29H22N2O2. The van der Waals surface area contributed by atoms with E-state index in [4.69, 9.17) is 0 Å². The maximum absolute atomic E-state index is 13.8. The summed E-state index contributed by atoms with van der Waals surface area (Å²) in [5.74, 6) is -0.371. The number of aromatic nitrogens is 2. The molecule has 0 saturated heterocycles. The molecule has 6 rings (SSSR count). The van der Waals surface area contributed by atoms with E-state index in [0.29, 0.717) is 11.1 Å². The summed E-state index contributed by atoms with van der Waals surface area (Å²) < 4.78 is 0. The lowest BCUT2D eigenvalue weighted by molar-refractivity contribution is 0.0908. The first-order valence-electron chi connectivity index (χ1n) is 11.3. The summed E-state index contributed by atoms with van der Waals surface area (Å²) in [6, 6.07) is 23.6. The van der Waals surface area contributed by atoms with Crippen LogP contribution in [0.3, 0.4) is 0 Å². The second-order valence-electron chi connectivity index (χ2n) is 8.87. The number of carbonyl (C=O) groups excluding carboxylic acids is 2. The maximum atomic E-state index is 13.8. The quantitative estimate of drug-likeness (QED) is 0.390. The lowest BCUT2D eigenvalue weighted by atomic mass is 9.56. The molecule has 2 heterocycles. The number of Topliss-reactive ketones (excluding diaryl/α,β-unsaturated/α-hetero) is 2. The largest absolute Gasteiger partial charge is 0.293 e. The Morgan fingerprint density at radius 3 is 1.39 bits per heavy atom. The average Bonchev–Trinajstić information content (AvgIpc) is 2.89. The molecule has 2 aliphatic rings. The van der Waals surface area contributed by atoms with Gasteiger partial charge in [0.05, 0.1) is 11.8 Å². The van der Waals surface area contributed by atoms with Crippen LogP contribution in [0.4, 0.5) is 0 Å². The Hall–Kier alpha value is -3.92. The number of rotatable bonds is 4. The van der Waals surface area contributed by atoms with E-state index in [-0.39, 0.29) is 35.2 Å². The number of hydrogen-bond acceptors (Lipinski definition) is 4. The standard InChI is InChI=1S/C29H22N2O2/c32-28(18-7-5-13-30-16-18)26-22-11-3-1-9-20(22)24-15-25(26)21-10-2-4-12-23(21)27(24)29(33)19-8-6-14-31-17-19/h1-14,16-17,24-27H,15H2/t24-,25-,26-,27-/m0/s1. The first kappa shape index (κ1) is 19.7. The lowest BCUT2D eigenvalue weighted by Gasteiger charge is -2.46. The maximum Gasteiger partial charge on any atom is 0.172 e. The van der Waals surface area contributed by atoms with Gasteiger partial charge in [-0.15, -0.1) is 0 Å². The summed E-state index contributed by atoms with van der Waals surface area (Å²) in [6.07, 6.45) is 7.45. The van der Waals surface area contributed by atoms with E-state index in [1.54, 1.807) is 24.8 Å². The Balaban J connectivity index is 1.54. The average molecular weight is 431 g/mol. The molecule has 0 saturated carbocycles. The topological polar surface area (TPSA) is 59.9 Å². The van der Waals surface area contributed by atoms with Crippen molar-refractivity contribution in [1.82, 2.24) is 9.97 Å². The fourth-order valence-electron chi connectivity index (χ4n) is 5.88. The van der Waals surface area contributed by atoms with Gasteiger partial charge in [0.2, 0.25) is 0 Å². The third kappa shape index (κ3) is 3.13. The van der Waals surface area contributed by atoms with E-state index in [2.05, 4.69) is 34.2 Å². The molecule has 4 nitrogen and oxygen atoms in total. The van der Waals surface area contributed by atoms with Crippen LogP contribution in [0.15, 0.2) is 97.6 Å². The predicted molar refractivity (Wildman–Crippen MR) is 126 cm³/mol. The van der Waals surface area contributed by atoms with Crippen molar-refractivity contribution in [3.63, 3.8) is 0 Å². The van der Waals surface area contributed by atoms with E-state index in [1.807, 2.05) is 48.5 Å². The van der Waals surface area contributed by atoms with Crippen molar-refractivity contribution in [2.24, 2.45) is 0 Å². The first-order valence-corrected chi connectivity index (χ1v) is 11.3. The molecular weight excluding hydrogens is 408 g/mol. The monoisotopic (exact) mass is 430 g/mol. The van der Waals surface area contributed by atoms with Gasteiger partial charge < -0.3 is 0 Å². The Morgan fingerprint density at radius 1 is 0.576 bits per heavy atom. The van der Waals surface area contributed by atoms with Crippen molar-refractivity contribution in [2.45, 2.75) is 30.1 Å². The Bertz CT molecular complexity index is 1250. The highest BCUT2D eigenvalue weighted by molar-refractivity contribution is 6.04. The van der Waals surface area contributed by atoms with Crippen LogP contribution < -0.4 is 0 Å². The van der Waals surface area contributed by atoms with E-state index in [9.17, 15) is 9.59 Å². The minimum absolute atomic E-state index is 0.0201. The minimum Gasteiger partial charge on any atom is -0.293 e. The van der Waals surface area contributed by atoms with Crippen LogP contribution in [0.25, 0.3) is 0 Å². The molecule has 160 valence electrons. The molecule has 4 aromatic rings. The second-order valence-corrected chi connectivity index (χ2v) is 8.87. The molecule has 4 heteroatoms. The van der Waals surface area contributed by atoms with Crippen molar-refractivity contribution in [2.75, 3.05) is 0 Å². The molecule has 2 aliphatic carbocycles. The molecule has 4 atom stereocenters. The van der Waals surface area contributed by atoms with Gasteiger partial charge >= 0.3 is 0 Å². The van der Waals surface area contributed by atoms with Gasteiger partial charge in [-0.3, -0.25) is 19.6 Å². The zero-order valence-electron chi connectivity index (χ0n) is 18.0. The fraction of sp³-hybridized carbons (Fsp3) is 0.172. The summed E-state index contributed by atoms with van der Waals surface area (Å²) in [4.78, 5) is 35.9. The summed E-state index contributed by atoms with van der Waals surface area (Å²) in [7, 11) is 0. The zero-order chi connectivity index (χ0) is 22.4. The van der Waals surface area contributed by atoms with E-state index in [0.717, 1.165) is 28.7 Å². The molecule has 0 unspecified atom stereocenters. The van der Waals surface area contributed by atoms with Gasteiger partial charge in [0, 0.05) is 35.9 Å². The number of fused-ring (bicyclic) bond motifs is 6. The third-order valence-electron chi connectivity index (χ3n) is 7.23. The Kier molecular flexibility index (Phi) is 4.72. The van der Waals surface area contributed by atoms with Crippen LogP contribution in [0, 0.1) is 0 Å². The Labute approximate surface area is 192 Å². The molecule has 0 spiro atoms. The minimum atomic E-state index is -0.294. The number of hydrogen-bond donors (Lipinski definition) is 0. The molecule has 2 aromatic heterocycles. The first-order chi connectivity index (χ1) is 16.2. The Morgan fingerprint density at radius 2 is 1.00 bits per heavy atom. The fourth-order valence-corrected chi connectivity index (χ4v) is 5.88. The van der Waals surface area contributed by atoms with Crippen LogP contribution in [0.5, 0.6) is 0 Å². The van der Waals surface area contributed by atoms with E-state index < -0.39 is 0 Å². The number of carbonyl (C=O) groups is 2. The molecule has 2 aromatic carbocycles. The van der Waals surface area contributed by atoms with Crippen LogP contribution in [0.2, 0.25) is 0 Å². The second kappa shape index (κ2) is 7.89. The number of nitrogens with zero attached hydrogens (tertiary/aromatic N) is 2. The van der Waals surface area contributed by atoms with Crippen molar-refractivity contribution in [3.05, 3.63) is 131 Å². The van der Waals surface area contributed by atoms with Crippen LogP contribution >= 0.6 is 0 Å². The van der Waals surface area contributed by atoms with Gasteiger partial charge in [-0.2, -0.15) is 0 Å². The van der Waals surface area contributed by atoms with Gasteiger partial charge in [0.15, 0.2) is 11.6 Å². The van der Waals surface area contributed by atoms with Crippen LogP contribution in [-0.2, 0) is 0 Å². The number of pyridine rings is 2. The van der Waals surface area contributed by atoms with Gasteiger partial charge in [-0.25, -0.2) is 0 Å². The van der Waals surface area contributed by atoms with Crippen LogP contribution in [0.1, 0.15) is 73.1 Å².